The minimum atomic E-state index is -4.12. The van der Waals surface area contributed by atoms with Crippen LogP contribution in [0.3, 0.4) is 0 Å². The van der Waals surface area contributed by atoms with Crippen LogP contribution in [-0.4, -0.2) is 0 Å². The van der Waals surface area contributed by atoms with Gasteiger partial charge in [0.25, 0.3) is 0 Å². The van der Waals surface area contributed by atoms with Gasteiger partial charge in [-0.25, -0.2) is 0 Å². The summed E-state index contributed by atoms with van der Waals surface area (Å²) in [5.74, 6) is 0. The van der Waals surface area contributed by atoms with Crippen molar-refractivity contribution >= 4 is 37.7 Å². The van der Waals surface area contributed by atoms with Crippen LogP contribution in [0.25, 0.3) is 0 Å². The van der Waals surface area contributed by atoms with Gasteiger partial charge >= 0.3 is 76.9 Å². The predicted octanol–water partition coefficient (Wildman–Crippen LogP) is 4.21. The number of rotatable bonds is 1. The van der Waals surface area contributed by atoms with E-state index in [9.17, 15) is 0 Å². The molecule has 0 amide bonds. The predicted molar refractivity (Wildman–Crippen MR) is 45.4 cm³/mol. The van der Waals surface area contributed by atoms with Crippen molar-refractivity contribution in [2.75, 3.05) is 0 Å². The van der Waals surface area contributed by atoms with Crippen molar-refractivity contribution in [3.8, 4) is 0 Å². The zero-order valence-corrected chi connectivity index (χ0v) is 9.84. The van der Waals surface area contributed by atoms with Crippen LogP contribution in [-0.2, 0) is 10.6 Å². The molecule has 10 heavy (non-hydrogen) atoms. The van der Waals surface area contributed by atoms with E-state index in [1.54, 1.807) is 0 Å². The van der Waals surface area contributed by atoms with Crippen LogP contribution < -0.4 is 0 Å². The summed E-state index contributed by atoms with van der Waals surface area (Å²) in [5.41, 5.74) is 0. The van der Waals surface area contributed by atoms with Crippen LogP contribution >= 0.6 is 37.7 Å². The minimum absolute atomic E-state index is 0.147. The van der Waals surface area contributed by atoms with Gasteiger partial charge in [-0.2, -0.15) is 0 Å². The summed E-state index contributed by atoms with van der Waals surface area (Å²) in [6, 6.07) is 0. The Kier molecular flexibility index (Phi) is 2.52. The summed E-state index contributed by atoms with van der Waals surface area (Å²) in [6.45, 7) is 0. The van der Waals surface area contributed by atoms with Crippen molar-refractivity contribution in [2.45, 2.75) is 4.31 Å². The maximum absolute atomic E-state index is 5.78. The van der Waals surface area contributed by atoms with Crippen molar-refractivity contribution in [1.82, 2.24) is 0 Å². The monoisotopic (exact) mass is 303 g/mol. The fraction of sp³-hybridized carbons (Fsp3) is 0.200. The van der Waals surface area contributed by atoms with Crippen LogP contribution in [0, 0.1) is 0 Å². The van der Waals surface area contributed by atoms with E-state index in [2.05, 4.69) is 0 Å². The molecule has 0 aromatic heterocycles. The molecule has 0 aromatic rings. The second-order valence-corrected chi connectivity index (χ2v) is 27.5. The molecule has 0 bridgehead atoms. The summed E-state index contributed by atoms with van der Waals surface area (Å²) < 4.78 is -0.147. The fourth-order valence-electron chi connectivity index (χ4n) is 0.649. The Balaban J connectivity index is 2.85. The molecule has 1 aliphatic rings. The third kappa shape index (κ3) is 2.43. The summed E-state index contributed by atoms with van der Waals surface area (Å²) in [4.78, 5) is 0. The van der Waals surface area contributed by atoms with E-state index in [1.165, 1.54) is 0 Å². The van der Waals surface area contributed by atoms with Gasteiger partial charge in [-0.1, -0.05) is 0 Å². The average Bonchev–Trinajstić information content (AvgIpc) is 2.04. The van der Waals surface area contributed by atoms with Gasteiger partial charge < -0.3 is 0 Å². The Bertz CT molecular complexity index is 178. The molecule has 1 aliphatic carbocycles. The first-order chi connectivity index (χ1) is 4.36. The fourth-order valence-corrected chi connectivity index (χ4v) is 5.07. The van der Waals surface area contributed by atoms with Crippen LogP contribution in [0.4, 0.5) is 0 Å². The van der Waals surface area contributed by atoms with E-state index in [1.807, 2.05) is 24.3 Å². The van der Waals surface area contributed by atoms with Gasteiger partial charge in [0.2, 0.25) is 0 Å². The van der Waals surface area contributed by atoms with Gasteiger partial charge in [0, 0.05) is 0 Å². The van der Waals surface area contributed by atoms with E-state index in [0.717, 1.165) is 0 Å². The van der Waals surface area contributed by atoms with Gasteiger partial charge in [-0.3, -0.25) is 0 Å². The Hall–Kier alpha value is 1.33. The molecular weight excluding hydrogens is 298 g/mol. The number of hydrogen-bond acceptors (Lipinski definition) is 0. The quantitative estimate of drug-likeness (QED) is 0.637. The van der Waals surface area contributed by atoms with Crippen molar-refractivity contribution in [1.29, 1.82) is 0 Å². The summed E-state index contributed by atoms with van der Waals surface area (Å²) in [6.07, 6.45) is 7.31. The Morgan fingerprint density at radius 3 is 1.50 bits per heavy atom. The third-order valence-corrected chi connectivity index (χ3v) is 8.79. The third-order valence-electron chi connectivity index (χ3n) is 1.12. The Morgan fingerprint density at radius 2 is 1.30 bits per heavy atom. The first kappa shape index (κ1) is 9.42. The molecule has 0 heterocycles. The molecule has 0 fully saturated rings. The van der Waals surface area contributed by atoms with Crippen LogP contribution in [0.1, 0.15) is 0 Å². The molecule has 0 N–H and O–H groups in total. The van der Waals surface area contributed by atoms with E-state index in [4.69, 9.17) is 37.7 Å². The van der Waals surface area contributed by atoms with Gasteiger partial charge in [-0.05, 0) is 0 Å². The number of allylic oxidation sites excluding steroid dienone is 4. The molecule has 0 atom stereocenters. The molecule has 0 aliphatic heterocycles. The second-order valence-electron chi connectivity index (χ2n) is 1.94. The van der Waals surface area contributed by atoms with Crippen molar-refractivity contribution in [3.63, 3.8) is 0 Å². The molecular formula is C5H5Cl4Mo. The molecule has 0 saturated carbocycles. The standard InChI is InChI=1S/C5H5.4ClH.Mo/c1-2-4-5-3-1;;;;;/h1-5H;4*1H;/q;;;;;+4/p-4. The molecule has 1 rings (SSSR count). The SMILES string of the molecule is [Cl][Mo]([Cl])([Cl])([Cl])[CH]1C=CC=C1. The average molecular weight is 303 g/mol. The van der Waals surface area contributed by atoms with Crippen molar-refractivity contribution < 1.29 is 10.6 Å². The topological polar surface area (TPSA) is 0 Å². The molecule has 0 nitrogen and oxygen atoms in total. The van der Waals surface area contributed by atoms with Crippen LogP contribution in [0.5, 0.6) is 0 Å². The summed E-state index contributed by atoms with van der Waals surface area (Å²) >= 11 is 0. The number of hydrogen-bond donors (Lipinski definition) is 0. The Labute approximate surface area is 76.3 Å². The molecule has 0 unspecified atom stereocenters. The second kappa shape index (κ2) is 2.68. The zero-order chi connectivity index (χ0) is 7.85. The van der Waals surface area contributed by atoms with Gasteiger partial charge in [0.15, 0.2) is 0 Å². The summed E-state index contributed by atoms with van der Waals surface area (Å²) in [7, 11) is 19.0. The molecule has 0 aromatic carbocycles. The van der Waals surface area contributed by atoms with E-state index in [0.29, 0.717) is 0 Å². The maximum atomic E-state index is 5.78. The molecule has 5 heteroatoms. The molecule has 0 radical (unpaired) electrons. The van der Waals surface area contributed by atoms with Gasteiger partial charge in [0.1, 0.15) is 0 Å². The van der Waals surface area contributed by atoms with Crippen LogP contribution in [0.15, 0.2) is 24.3 Å². The zero-order valence-electron chi connectivity index (χ0n) is 4.81. The molecule has 0 spiro atoms. The first-order valence-corrected chi connectivity index (χ1v) is 14.0. The molecule has 0 saturated heterocycles. The van der Waals surface area contributed by atoms with Gasteiger partial charge in [-0.15, -0.1) is 0 Å². The van der Waals surface area contributed by atoms with Gasteiger partial charge in [0.05, 0.1) is 0 Å². The van der Waals surface area contributed by atoms with Crippen molar-refractivity contribution in [3.05, 3.63) is 24.3 Å². The number of halogens is 4. The normalized spacial score (nSPS) is 23.0. The summed E-state index contributed by atoms with van der Waals surface area (Å²) in [5, 5.41) is 0. The Morgan fingerprint density at radius 1 is 0.900 bits per heavy atom. The van der Waals surface area contributed by atoms with Crippen LogP contribution in [0.2, 0.25) is 4.31 Å². The first-order valence-electron chi connectivity index (χ1n) is 2.52. The van der Waals surface area contributed by atoms with Crippen molar-refractivity contribution in [2.24, 2.45) is 0 Å². The van der Waals surface area contributed by atoms with E-state index < -0.39 is 10.6 Å². The van der Waals surface area contributed by atoms with E-state index in [-0.39, 0.29) is 4.31 Å². The molecule has 59 valence electrons. The van der Waals surface area contributed by atoms with E-state index >= 15 is 0 Å².